The maximum atomic E-state index is 5.47. The molecule has 0 amide bonds. The predicted molar refractivity (Wildman–Crippen MR) is 124 cm³/mol. The fourth-order valence-corrected chi connectivity index (χ4v) is 3.45. The molecule has 0 saturated heterocycles. The van der Waals surface area contributed by atoms with Crippen LogP contribution in [0.5, 0.6) is 5.75 Å². The van der Waals surface area contributed by atoms with Gasteiger partial charge in [-0.15, -0.1) is 35.3 Å². The van der Waals surface area contributed by atoms with Gasteiger partial charge in [-0.3, -0.25) is 4.98 Å². The van der Waals surface area contributed by atoms with Crippen molar-refractivity contribution in [1.82, 2.24) is 20.6 Å². The number of hydrogen-bond donors (Lipinski definition) is 2. The van der Waals surface area contributed by atoms with E-state index in [1.165, 1.54) is 0 Å². The van der Waals surface area contributed by atoms with E-state index in [0.717, 1.165) is 45.8 Å². The summed E-state index contributed by atoms with van der Waals surface area (Å²) >= 11 is 1.68. The second-order valence-electron chi connectivity index (χ2n) is 6.42. The van der Waals surface area contributed by atoms with E-state index in [4.69, 9.17) is 4.74 Å². The summed E-state index contributed by atoms with van der Waals surface area (Å²) < 4.78 is 5.47. The molecule has 0 spiro atoms. The fourth-order valence-electron chi connectivity index (χ4n) is 2.56. The first-order valence-corrected chi connectivity index (χ1v) is 9.79. The van der Waals surface area contributed by atoms with Crippen molar-refractivity contribution in [2.24, 2.45) is 4.99 Å². The average molecular weight is 503 g/mol. The van der Waals surface area contributed by atoms with Gasteiger partial charge >= 0.3 is 0 Å². The Hall–Kier alpha value is -1.42. The van der Waals surface area contributed by atoms with Gasteiger partial charge in [0.25, 0.3) is 0 Å². The van der Waals surface area contributed by atoms with Crippen LogP contribution in [0.15, 0.2) is 16.6 Å². The van der Waals surface area contributed by atoms with Crippen LogP contribution >= 0.6 is 35.3 Å². The van der Waals surface area contributed by atoms with E-state index in [1.807, 2.05) is 20.0 Å². The number of thiazole rings is 1. The summed E-state index contributed by atoms with van der Waals surface area (Å²) in [7, 11) is 1.69. The third-order valence-electron chi connectivity index (χ3n) is 4.05. The molecule has 2 N–H and O–H groups in total. The molecule has 2 aromatic rings. The van der Waals surface area contributed by atoms with Gasteiger partial charge in [-0.25, -0.2) is 9.98 Å². The Labute approximate surface area is 183 Å². The van der Waals surface area contributed by atoms with Crippen molar-refractivity contribution in [3.05, 3.63) is 39.1 Å². The number of methoxy groups -OCH3 is 1. The van der Waals surface area contributed by atoms with Crippen LogP contribution in [-0.2, 0) is 13.1 Å². The first kappa shape index (κ1) is 23.6. The predicted octanol–water partition coefficient (Wildman–Crippen LogP) is 4.16. The molecule has 0 radical (unpaired) electrons. The highest BCUT2D eigenvalue weighted by atomic mass is 127. The van der Waals surface area contributed by atoms with Gasteiger partial charge in [-0.05, 0) is 26.7 Å². The van der Waals surface area contributed by atoms with Gasteiger partial charge in [0.1, 0.15) is 10.8 Å². The number of nitrogens with zero attached hydrogens (tertiary/aromatic N) is 3. The molecule has 0 atom stereocenters. The molecule has 0 aliphatic heterocycles. The van der Waals surface area contributed by atoms with E-state index in [1.54, 1.807) is 18.4 Å². The number of hydrogen-bond acceptors (Lipinski definition) is 5. The van der Waals surface area contributed by atoms with Crippen molar-refractivity contribution >= 4 is 41.3 Å². The van der Waals surface area contributed by atoms with Crippen LogP contribution in [0.25, 0.3) is 0 Å². The summed E-state index contributed by atoms with van der Waals surface area (Å²) in [4.78, 5) is 13.8. The first-order chi connectivity index (χ1) is 12.5. The third kappa shape index (κ3) is 6.60. The summed E-state index contributed by atoms with van der Waals surface area (Å²) in [5, 5.41) is 9.80. The molecular formula is C19H30IN5OS. The van der Waals surface area contributed by atoms with Gasteiger partial charge in [0.2, 0.25) is 0 Å². The topological polar surface area (TPSA) is 71.4 Å². The van der Waals surface area contributed by atoms with Crippen LogP contribution in [0, 0.1) is 13.8 Å². The zero-order chi connectivity index (χ0) is 19.1. The Balaban J connectivity index is 0.00000364. The Kier molecular flexibility index (Phi) is 10.00. The number of halogens is 1. The zero-order valence-corrected chi connectivity index (χ0v) is 20.1. The lowest BCUT2D eigenvalue weighted by Gasteiger charge is -2.13. The molecule has 2 rings (SSSR count). The lowest BCUT2D eigenvalue weighted by molar-refractivity contribution is 0.407. The molecule has 0 unspecified atom stereocenters. The summed E-state index contributed by atoms with van der Waals surface area (Å²) in [5.74, 6) is 2.09. The standard InChI is InChI=1S/C19H29N5OS.HI/c1-7-20-19(23-10-17-24-16(11-26-17)12(2)3)22-9-15-14(5)18(25-6)13(4)8-21-15;/h8,11-12H,7,9-10H2,1-6H3,(H2,20,22,23);1H. The van der Waals surface area contributed by atoms with E-state index in [2.05, 4.69) is 51.7 Å². The van der Waals surface area contributed by atoms with E-state index in [9.17, 15) is 0 Å². The molecule has 0 aromatic carbocycles. The maximum absolute atomic E-state index is 5.47. The number of rotatable bonds is 7. The van der Waals surface area contributed by atoms with Gasteiger partial charge in [-0.2, -0.15) is 0 Å². The fraction of sp³-hybridized carbons (Fsp3) is 0.526. The molecule has 8 heteroatoms. The van der Waals surface area contributed by atoms with Crippen molar-refractivity contribution in [2.75, 3.05) is 13.7 Å². The van der Waals surface area contributed by atoms with Crippen LogP contribution in [0.1, 0.15) is 54.2 Å². The van der Waals surface area contributed by atoms with Gasteiger partial charge in [0.05, 0.1) is 31.6 Å². The normalized spacial score (nSPS) is 11.3. The number of nitrogens with one attached hydrogen (secondary N) is 2. The summed E-state index contributed by atoms with van der Waals surface area (Å²) in [6.45, 7) is 12.3. The molecule has 0 aliphatic rings. The molecule has 0 bridgehead atoms. The minimum atomic E-state index is 0. The lowest BCUT2D eigenvalue weighted by Crippen LogP contribution is -2.36. The second-order valence-corrected chi connectivity index (χ2v) is 7.36. The molecular weight excluding hydrogens is 473 g/mol. The Morgan fingerprint density at radius 3 is 2.63 bits per heavy atom. The van der Waals surface area contributed by atoms with E-state index < -0.39 is 0 Å². The molecule has 2 aromatic heterocycles. The van der Waals surface area contributed by atoms with Gasteiger partial charge in [0.15, 0.2) is 5.96 Å². The summed E-state index contributed by atoms with van der Waals surface area (Å²) in [5.41, 5.74) is 4.13. The summed E-state index contributed by atoms with van der Waals surface area (Å²) in [6.07, 6.45) is 1.83. The number of ether oxygens (including phenoxy) is 1. The van der Waals surface area contributed by atoms with Crippen molar-refractivity contribution in [1.29, 1.82) is 0 Å². The number of pyridine rings is 1. The van der Waals surface area contributed by atoms with Crippen molar-refractivity contribution in [3.8, 4) is 5.75 Å². The van der Waals surface area contributed by atoms with E-state index >= 15 is 0 Å². The minimum Gasteiger partial charge on any atom is -0.496 e. The largest absolute Gasteiger partial charge is 0.496 e. The number of aromatic nitrogens is 2. The number of aliphatic imine (C=N–C) groups is 1. The molecule has 6 nitrogen and oxygen atoms in total. The number of guanidine groups is 1. The SMILES string of the molecule is CCNC(=NCc1ncc(C)c(OC)c1C)NCc1nc(C(C)C)cs1.I. The number of aryl methyl sites for hydroxylation is 1. The smallest absolute Gasteiger partial charge is 0.191 e. The van der Waals surface area contributed by atoms with Crippen molar-refractivity contribution in [3.63, 3.8) is 0 Å². The third-order valence-corrected chi connectivity index (χ3v) is 4.92. The Bertz CT molecular complexity index is 761. The molecule has 0 aliphatic carbocycles. The van der Waals surface area contributed by atoms with Crippen LogP contribution < -0.4 is 15.4 Å². The van der Waals surface area contributed by atoms with Crippen LogP contribution in [0.2, 0.25) is 0 Å². The molecule has 0 saturated carbocycles. The Morgan fingerprint density at radius 1 is 1.30 bits per heavy atom. The lowest BCUT2D eigenvalue weighted by atomic mass is 10.1. The van der Waals surface area contributed by atoms with Gasteiger partial charge in [0, 0.05) is 29.2 Å². The quantitative estimate of drug-likeness (QED) is 0.337. The minimum absolute atomic E-state index is 0. The maximum Gasteiger partial charge on any atom is 0.191 e. The molecule has 0 fully saturated rings. The second kappa shape index (κ2) is 11.4. The molecule has 27 heavy (non-hydrogen) atoms. The summed E-state index contributed by atoms with van der Waals surface area (Å²) in [6, 6.07) is 0. The molecule has 2 heterocycles. The van der Waals surface area contributed by atoms with Gasteiger partial charge in [-0.1, -0.05) is 13.8 Å². The first-order valence-electron chi connectivity index (χ1n) is 8.91. The van der Waals surface area contributed by atoms with E-state index in [0.29, 0.717) is 19.0 Å². The Morgan fingerprint density at radius 2 is 2.04 bits per heavy atom. The van der Waals surface area contributed by atoms with Crippen LogP contribution in [0.4, 0.5) is 0 Å². The van der Waals surface area contributed by atoms with Crippen LogP contribution in [-0.4, -0.2) is 29.6 Å². The van der Waals surface area contributed by atoms with E-state index in [-0.39, 0.29) is 24.0 Å². The van der Waals surface area contributed by atoms with Crippen LogP contribution in [0.3, 0.4) is 0 Å². The zero-order valence-electron chi connectivity index (χ0n) is 16.9. The molecule has 150 valence electrons. The highest BCUT2D eigenvalue weighted by Gasteiger charge is 2.10. The van der Waals surface area contributed by atoms with Crippen molar-refractivity contribution in [2.45, 2.75) is 53.6 Å². The highest BCUT2D eigenvalue weighted by Crippen LogP contribution is 2.24. The monoisotopic (exact) mass is 503 g/mol. The highest BCUT2D eigenvalue weighted by molar-refractivity contribution is 14.0. The van der Waals surface area contributed by atoms with Crippen molar-refractivity contribution < 1.29 is 4.74 Å². The average Bonchev–Trinajstić information content (AvgIpc) is 3.08. The van der Waals surface area contributed by atoms with Gasteiger partial charge < -0.3 is 15.4 Å².